The molecular weight excluding hydrogens is 444 g/mol. The van der Waals surface area contributed by atoms with Gasteiger partial charge in [-0.15, -0.1) is 11.8 Å². The molecule has 1 heterocycles. The van der Waals surface area contributed by atoms with E-state index in [0.29, 0.717) is 16.4 Å². The summed E-state index contributed by atoms with van der Waals surface area (Å²) in [6, 6.07) is 14.0. The number of hydrogen-bond donors (Lipinski definition) is 3. The van der Waals surface area contributed by atoms with Crippen molar-refractivity contribution in [2.75, 3.05) is 11.5 Å². The topological polar surface area (TPSA) is 87.0 Å². The fraction of sp³-hybridized carbons (Fsp3) is 0.400. The lowest BCUT2D eigenvalue weighted by Crippen LogP contribution is -2.13. The van der Waals surface area contributed by atoms with Crippen molar-refractivity contribution in [1.29, 1.82) is 0 Å². The van der Waals surface area contributed by atoms with Gasteiger partial charge < -0.3 is 9.84 Å². The highest BCUT2D eigenvalue weighted by Crippen LogP contribution is 2.59. The van der Waals surface area contributed by atoms with Crippen LogP contribution in [0.1, 0.15) is 56.6 Å². The third-order valence-electron chi connectivity index (χ3n) is 5.71. The Labute approximate surface area is 196 Å². The van der Waals surface area contributed by atoms with Crippen LogP contribution in [0.15, 0.2) is 64.6 Å². The number of carbonyl (C=O) groups is 1. The molecule has 0 amide bonds. The van der Waals surface area contributed by atoms with E-state index in [2.05, 4.69) is 19.1 Å². The van der Waals surface area contributed by atoms with Gasteiger partial charge in [-0.05, 0) is 41.7 Å². The van der Waals surface area contributed by atoms with Gasteiger partial charge in [-0.2, -0.15) is 10.6 Å². The van der Waals surface area contributed by atoms with Crippen molar-refractivity contribution in [2.45, 2.75) is 55.2 Å². The van der Waals surface area contributed by atoms with Gasteiger partial charge in [0.2, 0.25) is 0 Å². The number of aliphatic carboxylic acids is 1. The monoisotopic (exact) mass is 476 g/mol. The summed E-state index contributed by atoms with van der Waals surface area (Å²) in [7, 11) is -3.02. The maximum Gasteiger partial charge on any atom is 0.331 e. The zero-order valence-corrected chi connectivity index (χ0v) is 20.2. The van der Waals surface area contributed by atoms with Crippen LogP contribution in [0.4, 0.5) is 0 Å². The molecule has 0 aliphatic carbocycles. The SMILES string of the molecule is CCCCC1CC(c2ccccc2)c2cc(SCC)c(O/C=C/C(=O)O)cc2S(O)(O)C1. The Hall–Kier alpha value is -1.93. The van der Waals surface area contributed by atoms with Crippen molar-refractivity contribution in [2.24, 2.45) is 5.92 Å². The van der Waals surface area contributed by atoms with Gasteiger partial charge in [0.15, 0.2) is 0 Å². The highest BCUT2D eigenvalue weighted by Gasteiger charge is 2.35. The van der Waals surface area contributed by atoms with Gasteiger partial charge in [0.1, 0.15) is 5.75 Å². The molecule has 1 aliphatic rings. The number of rotatable bonds is 9. The van der Waals surface area contributed by atoms with Crippen LogP contribution in [0.3, 0.4) is 0 Å². The first kappa shape index (κ1) is 24.7. The number of thioether (sulfide) groups is 1. The number of carboxylic acids is 1. The molecule has 7 heteroatoms. The fourth-order valence-electron chi connectivity index (χ4n) is 4.28. The second kappa shape index (κ2) is 11.3. The van der Waals surface area contributed by atoms with E-state index in [0.717, 1.165) is 54.2 Å². The van der Waals surface area contributed by atoms with E-state index < -0.39 is 16.6 Å². The molecule has 0 aromatic heterocycles. The van der Waals surface area contributed by atoms with Gasteiger partial charge in [-0.1, -0.05) is 57.0 Å². The van der Waals surface area contributed by atoms with E-state index >= 15 is 0 Å². The van der Waals surface area contributed by atoms with Gasteiger partial charge >= 0.3 is 5.97 Å². The zero-order chi connectivity index (χ0) is 23.1. The molecule has 5 nitrogen and oxygen atoms in total. The first-order valence-corrected chi connectivity index (χ1v) is 13.7. The lowest BCUT2D eigenvalue weighted by molar-refractivity contribution is -0.131. The minimum Gasteiger partial charge on any atom is -0.478 e. The number of benzene rings is 2. The Kier molecular flexibility index (Phi) is 8.71. The predicted octanol–water partition coefficient (Wildman–Crippen LogP) is 7.23. The molecule has 0 saturated heterocycles. The maximum absolute atomic E-state index is 11.3. The first-order valence-electron chi connectivity index (χ1n) is 11.0. The molecule has 3 N–H and O–H groups in total. The third kappa shape index (κ3) is 6.10. The van der Waals surface area contributed by atoms with Gasteiger partial charge in [-0.25, -0.2) is 4.79 Å². The second-order valence-corrected chi connectivity index (χ2v) is 11.5. The summed E-state index contributed by atoms with van der Waals surface area (Å²) in [6.45, 7) is 4.19. The van der Waals surface area contributed by atoms with Crippen molar-refractivity contribution in [3.05, 3.63) is 65.9 Å². The van der Waals surface area contributed by atoms with Crippen LogP contribution in [0, 0.1) is 5.92 Å². The normalized spacial score (nSPS) is 21.0. The Balaban J connectivity index is 2.14. The van der Waals surface area contributed by atoms with Crippen LogP contribution in [0.2, 0.25) is 0 Å². The zero-order valence-electron chi connectivity index (χ0n) is 18.6. The van der Waals surface area contributed by atoms with Crippen LogP contribution < -0.4 is 4.74 Å². The lowest BCUT2D eigenvalue weighted by atomic mass is 9.82. The standard InChI is InChI=1S/C25H32O5S2/c1-3-5-9-18-14-20(19-10-7-6-8-11-19)21-15-23(31-4-2)22(30-13-12-25(26)27)16-24(21)32(28,29)17-18/h6-8,10-13,15-16,18,20,28-29H,3-5,9,14,17H2,1-2H3,(H,26,27)/b13-12+. The summed E-state index contributed by atoms with van der Waals surface area (Å²) in [5, 5.41) is 8.89. The Morgan fingerprint density at radius 2 is 1.97 bits per heavy atom. The average Bonchev–Trinajstić information content (AvgIpc) is 2.86. The van der Waals surface area contributed by atoms with E-state index in [1.165, 1.54) is 5.56 Å². The summed E-state index contributed by atoms with van der Waals surface area (Å²) in [5.74, 6) is 0.762. The summed E-state index contributed by atoms with van der Waals surface area (Å²) in [5.41, 5.74) is 2.10. The van der Waals surface area contributed by atoms with E-state index in [1.54, 1.807) is 17.8 Å². The van der Waals surface area contributed by atoms with Crippen molar-refractivity contribution in [1.82, 2.24) is 0 Å². The first-order chi connectivity index (χ1) is 15.4. The van der Waals surface area contributed by atoms with Crippen LogP contribution >= 0.6 is 22.4 Å². The fourth-order valence-corrected chi connectivity index (χ4v) is 7.06. The van der Waals surface area contributed by atoms with Crippen LogP contribution in [-0.4, -0.2) is 31.7 Å². The van der Waals surface area contributed by atoms with Crippen molar-refractivity contribution < 1.29 is 23.7 Å². The molecule has 2 aromatic carbocycles. The molecule has 0 fully saturated rings. The third-order valence-corrected chi connectivity index (χ3v) is 8.63. The van der Waals surface area contributed by atoms with Crippen LogP contribution in [-0.2, 0) is 4.79 Å². The number of unbranched alkanes of at least 4 members (excludes halogenated alkanes) is 1. The smallest absolute Gasteiger partial charge is 0.331 e. The van der Waals surface area contributed by atoms with Gasteiger partial charge in [-0.3, -0.25) is 9.11 Å². The molecule has 0 radical (unpaired) electrons. The highest BCUT2D eigenvalue weighted by molar-refractivity contribution is 8.24. The van der Waals surface area contributed by atoms with Crippen molar-refractivity contribution in [3.63, 3.8) is 0 Å². The number of hydrogen-bond acceptors (Lipinski definition) is 5. The highest BCUT2D eigenvalue weighted by atomic mass is 32.3. The molecule has 0 bridgehead atoms. The van der Waals surface area contributed by atoms with E-state index in [1.807, 2.05) is 31.2 Å². The summed E-state index contributed by atoms with van der Waals surface area (Å²) >= 11 is 1.59. The van der Waals surface area contributed by atoms with Crippen molar-refractivity contribution >= 4 is 28.3 Å². The molecule has 174 valence electrons. The molecule has 3 rings (SSSR count). The van der Waals surface area contributed by atoms with Gasteiger partial charge in [0.25, 0.3) is 0 Å². The van der Waals surface area contributed by atoms with E-state index in [9.17, 15) is 13.9 Å². The van der Waals surface area contributed by atoms with Crippen LogP contribution in [0.5, 0.6) is 5.75 Å². The maximum atomic E-state index is 11.3. The summed E-state index contributed by atoms with van der Waals surface area (Å²) < 4.78 is 28.2. The Morgan fingerprint density at radius 1 is 1.22 bits per heavy atom. The summed E-state index contributed by atoms with van der Waals surface area (Å²) in [4.78, 5) is 12.2. The number of carboxylic acid groups (broad SMARTS) is 1. The molecule has 0 saturated carbocycles. The average molecular weight is 477 g/mol. The minimum absolute atomic E-state index is 0.0570. The quantitative estimate of drug-likeness (QED) is 0.201. The molecule has 0 spiro atoms. The summed E-state index contributed by atoms with van der Waals surface area (Å²) in [6.07, 6.45) is 6.02. The van der Waals surface area contributed by atoms with E-state index in [-0.39, 0.29) is 11.8 Å². The minimum atomic E-state index is -3.02. The molecular formula is C25H32O5S2. The predicted molar refractivity (Wildman–Crippen MR) is 132 cm³/mol. The largest absolute Gasteiger partial charge is 0.478 e. The Morgan fingerprint density at radius 3 is 2.62 bits per heavy atom. The molecule has 2 atom stereocenters. The molecule has 2 aromatic rings. The Bertz CT molecular complexity index is 943. The second-order valence-electron chi connectivity index (χ2n) is 8.07. The number of ether oxygens (including phenoxy) is 1. The van der Waals surface area contributed by atoms with Gasteiger partial charge in [0.05, 0.1) is 22.1 Å². The van der Waals surface area contributed by atoms with E-state index in [4.69, 9.17) is 9.84 Å². The van der Waals surface area contributed by atoms with Crippen LogP contribution in [0.25, 0.3) is 0 Å². The lowest BCUT2D eigenvalue weighted by Gasteiger charge is -2.35. The number of fused-ring (bicyclic) bond motifs is 1. The molecule has 32 heavy (non-hydrogen) atoms. The molecule has 1 aliphatic heterocycles. The van der Waals surface area contributed by atoms with Crippen molar-refractivity contribution in [3.8, 4) is 5.75 Å². The molecule has 2 unspecified atom stereocenters. The van der Waals surface area contributed by atoms with Gasteiger partial charge in [0, 0.05) is 17.7 Å².